The van der Waals surface area contributed by atoms with Gasteiger partial charge in [0.05, 0.1) is 6.61 Å². The average Bonchev–Trinajstić information content (AvgIpc) is 2.15. The average molecular weight is 164 g/mol. The molecule has 0 spiro atoms. The summed E-state index contributed by atoms with van der Waals surface area (Å²) in [7, 11) is 0. The van der Waals surface area contributed by atoms with Crippen LogP contribution in [0.1, 0.15) is 25.3 Å². The van der Waals surface area contributed by atoms with E-state index in [1.54, 1.807) is 0 Å². The first kappa shape index (κ1) is 9.27. The van der Waals surface area contributed by atoms with E-state index in [-0.39, 0.29) is 0 Å². The lowest BCUT2D eigenvalue weighted by Crippen LogP contribution is -2.03. The number of hydrogen-bond acceptors (Lipinski definition) is 1. The van der Waals surface area contributed by atoms with Crippen LogP contribution in [0.25, 0.3) is 0 Å². The Morgan fingerprint density at radius 3 is 2.50 bits per heavy atom. The van der Waals surface area contributed by atoms with Crippen molar-refractivity contribution in [2.24, 2.45) is 0 Å². The lowest BCUT2D eigenvalue weighted by Gasteiger charge is -2.10. The van der Waals surface area contributed by atoms with Gasteiger partial charge in [0.15, 0.2) is 0 Å². The zero-order valence-electron chi connectivity index (χ0n) is 7.79. The molecule has 1 rings (SSSR count). The molecule has 0 aromatic heterocycles. The smallest absolute Gasteiger partial charge is 0.0531 e. The minimum atomic E-state index is 0.506. The third-order valence-electron chi connectivity index (χ3n) is 1.94. The molecule has 0 aliphatic heterocycles. The molecule has 0 saturated heterocycles. The zero-order chi connectivity index (χ0) is 8.81. The Morgan fingerprint density at radius 2 is 1.92 bits per heavy atom. The minimum absolute atomic E-state index is 0.506. The molecule has 0 amide bonds. The maximum atomic E-state index is 5.35. The van der Waals surface area contributed by atoms with Gasteiger partial charge in [0.1, 0.15) is 0 Å². The Labute approximate surface area is 74.4 Å². The molecule has 1 aromatic carbocycles. The van der Waals surface area contributed by atoms with Crippen LogP contribution in [-0.4, -0.2) is 13.2 Å². The van der Waals surface area contributed by atoms with Gasteiger partial charge >= 0.3 is 0 Å². The summed E-state index contributed by atoms with van der Waals surface area (Å²) >= 11 is 0. The summed E-state index contributed by atoms with van der Waals surface area (Å²) < 4.78 is 5.35. The van der Waals surface area contributed by atoms with Crippen LogP contribution in [0.3, 0.4) is 0 Å². The monoisotopic (exact) mass is 164 g/mol. The van der Waals surface area contributed by atoms with Gasteiger partial charge in [0.25, 0.3) is 0 Å². The Morgan fingerprint density at radius 1 is 1.25 bits per heavy atom. The van der Waals surface area contributed by atoms with E-state index in [0.29, 0.717) is 5.92 Å². The van der Waals surface area contributed by atoms with E-state index >= 15 is 0 Å². The van der Waals surface area contributed by atoms with Gasteiger partial charge in [0.2, 0.25) is 0 Å². The summed E-state index contributed by atoms with van der Waals surface area (Å²) in [5.41, 5.74) is 1.35. The molecule has 0 aliphatic rings. The molecule has 1 atom stereocenters. The Kier molecular flexibility index (Phi) is 3.81. The van der Waals surface area contributed by atoms with Crippen molar-refractivity contribution >= 4 is 0 Å². The second-order valence-corrected chi connectivity index (χ2v) is 2.97. The normalized spacial score (nSPS) is 12.8. The number of ether oxygens (including phenoxy) is 1. The molecule has 0 aliphatic carbocycles. The lowest BCUT2D eigenvalue weighted by molar-refractivity contribution is 0.136. The molecule has 0 unspecified atom stereocenters. The second-order valence-electron chi connectivity index (χ2n) is 2.97. The molecule has 1 nitrogen and oxygen atoms in total. The van der Waals surface area contributed by atoms with E-state index in [0.717, 1.165) is 13.2 Å². The second kappa shape index (κ2) is 4.94. The van der Waals surface area contributed by atoms with E-state index in [1.165, 1.54) is 5.56 Å². The molecule has 12 heavy (non-hydrogen) atoms. The SMILES string of the molecule is CCOC[C@H](C)c1ccccc1. The molecule has 0 bridgehead atoms. The molecule has 0 heterocycles. The van der Waals surface area contributed by atoms with Crippen molar-refractivity contribution in [3.63, 3.8) is 0 Å². The van der Waals surface area contributed by atoms with Gasteiger partial charge in [0, 0.05) is 12.5 Å². The number of rotatable bonds is 4. The van der Waals surface area contributed by atoms with Gasteiger partial charge in [-0.15, -0.1) is 0 Å². The molecule has 1 aromatic rings. The maximum absolute atomic E-state index is 5.35. The molecule has 1 heteroatoms. The van der Waals surface area contributed by atoms with Gasteiger partial charge in [-0.2, -0.15) is 0 Å². The fourth-order valence-electron chi connectivity index (χ4n) is 1.17. The van der Waals surface area contributed by atoms with E-state index in [4.69, 9.17) is 4.74 Å². The van der Waals surface area contributed by atoms with Gasteiger partial charge in [-0.05, 0) is 12.5 Å². The van der Waals surface area contributed by atoms with Gasteiger partial charge in [-0.3, -0.25) is 0 Å². The van der Waals surface area contributed by atoms with Crippen molar-refractivity contribution in [3.8, 4) is 0 Å². The van der Waals surface area contributed by atoms with E-state index < -0.39 is 0 Å². The first-order valence-corrected chi connectivity index (χ1v) is 4.47. The van der Waals surface area contributed by atoms with E-state index in [2.05, 4.69) is 31.2 Å². The fraction of sp³-hybridized carbons (Fsp3) is 0.455. The largest absolute Gasteiger partial charge is 0.381 e. The van der Waals surface area contributed by atoms with Crippen molar-refractivity contribution in [3.05, 3.63) is 35.9 Å². The van der Waals surface area contributed by atoms with Crippen molar-refractivity contribution < 1.29 is 4.74 Å². The van der Waals surface area contributed by atoms with Crippen LogP contribution in [0.4, 0.5) is 0 Å². The Bertz CT molecular complexity index is 206. The molecule has 0 fully saturated rings. The van der Waals surface area contributed by atoms with Crippen LogP contribution in [0.15, 0.2) is 30.3 Å². The summed E-state index contributed by atoms with van der Waals surface area (Å²) in [6.45, 7) is 5.83. The third kappa shape index (κ3) is 2.67. The van der Waals surface area contributed by atoms with Crippen molar-refractivity contribution in [1.29, 1.82) is 0 Å². The molecule has 66 valence electrons. The summed E-state index contributed by atoms with van der Waals surface area (Å²) in [6, 6.07) is 10.5. The quantitative estimate of drug-likeness (QED) is 0.665. The highest BCUT2D eigenvalue weighted by Gasteiger charge is 2.02. The lowest BCUT2D eigenvalue weighted by atomic mass is 10.0. The number of hydrogen-bond donors (Lipinski definition) is 0. The predicted molar refractivity (Wildman–Crippen MR) is 51.4 cm³/mol. The molecule has 0 saturated carbocycles. The first-order valence-electron chi connectivity index (χ1n) is 4.47. The topological polar surface area (TPSA) is 9.23 Å². The molecular weight excluding hydrogens is 148 g/mol. The summed E-state index contributed by atoms with van der Waals surface area (Å²) in [5.74, 6) is 0.506. The summed E-state index contributed by atoms with van der Waals surface area (Å²) in [5, 5.41) is 0. The van der Waals surface area contributed by atoms with Crippen LogP contribution < -0.4 is 0 Å². The van der Waals surface area contributed by atoms with Crippen molar-refractivity contribution in [2.75, 3.05) is 13.2 Å². The van der Waals surface area contributed by atoms with Crippen LogP contribution in [0.5, 0.6) is 0 Å². The summed E-state index contributed by atoms with van der Waals surface area (Å²) in [6.07, 6.45) is 0. The van der Waals surface area contributed by atoms with Crippen LogP contribution in [0, 0.1) is 0 Å². The highest BCUT2D eigenvalue weighted by atomic mass is 16.5. The van der Waals surface area contributed by atoms with Crippen LogP contribution >= 0.6 is 0 Å². The Balaban J connectivity index is 2.48. The standard InChI is InChI=1S/C11H16O/c1-3-12-9-10(2)11-7-5-4-6-8-11/h4-8,10H,3,9H2,1-2H3/t10-/m0/s1. The van der Waals surface area contributed by atoms with Gasteiger partial charge < -0.3 is 4.74 Å². The van der Waals surface area contributed by atoms with Crippen molar-refractivity contribution in [1.82, 2.24) is 0 Å². The van der Waals surface area contributed by atoms with Gasteiger partial charge in [-0.1, -0.05) is 37.3 Å². The van der Waals surface area contributed by atoms with Crippen molar-refractivity contribution in [2.45, 2.75) is 19.8 Å². The molecule has 0 radical (unpaired) electrons. The van der Waals surface area contributed by atoms with E-state index in [9.17, 15) is 0 Å². The highest BCUT2D eigenvalue weighted by Crippen LogP contribution is 2.14. The maximum Gasteiger partial charge on any atom is 0.0531 e. The highest BCUT2D eigenvalue weighted by molar-refractivity contribution is 5.18. The molecular formula is C11H16O. The van der Waals surface area contributed by atoms with Crippen LogP contribution in [-0.2, 0) is 4.74 Å². The number of benzene rings is 1. The van der Waals surface area contributed by atoms with Crippen LogP contribution in [0.2, 0.25) is 0 Å². The fourth-order valence-corrected chi connectivity index (χ4v) is 1.17. The Hall–Kier alpha value is -0.820. The zero-order valence-corrected chi connectivity index (χ0v) is 7.79. The minimum Gasteiger partial charge on any atom is -0.381 e. The first-order chi connectivity index (χ1) is 5.84. The van der Waals surface area contributed by atoms with E-state index in [1.807, 2.05) is 13.0 Å². The predicted octanol–water partition coefficient (Wildman–Crippen LogP) is 2.83. The summed E-state index contributed by atoms with van der Waals surface area (Å²) in [4.78, 5) is 0. The molecule has 0 N–H and O–H groups in total. The third-order valence-corrected chi connectivity index (χ3v) is 1.94. The van der Waals surface area contributed by atoms with Gasteiger partial charge in [-0.25, -0.2) is 0 Å².